The summed E-state index contributed by atoms with van der Waals surface area (Å²) in [4.78, 5) is 16.0. The van der Waals surface area contributed by atoms with E-state index in [1.165, 1.54) is 0 Å². The molecule has 2 aromatic rings. The molecule has 1 aromatic carbocycles. The first-order valence-corrected chi connectivity index (χ1v) is 6.19. The Balaban J connectivity index is 2.17. The van der Waals surface area contributed by atoms with E-state index in [0.29, 0.717) is 18.8 Å². The highest BCUT2D eigenvalue weighted by molar-refractivity contribution is 5.92. The van der Waals surface area contributed by atoms with Gasteiger partial charge in [-0.2, -0.15) is 0 Å². The number of hydrogen-bond acceptors (Lipinski definition) is 3. The predicted octanol–water partition coefficient (Wildman–Crippen LogP) is 2.62. The SMILES string of the molecule is CCCC(=O)c1nc(C)n(Cc2ccccc2)n1. The molecule has 0 spiro atoms. The van der Waals surface area contributed by atoms with E-state index in [9.17, 15) is 4.79 Å². The van der Waals surface area contributed by atoms with Gasteiger partial charge >= 0.3 is 0 Å². The van der Waals surface area contributed by atoms with E-state index >= 15 is 0 Å². The number of carbonyl (C=O) groups is 1. The van der Waals surface area contributed by atoms with Crippen LogP contribution >= 0.6 is 0 Å². The van der Waals surface area contributed by atoms with E-state index in [1.807, 2.05) is 44.2 Å². The molecular formula is C14H17N3O. The van der Waals surface area contributed by atoms with E-state index < -0.39 is 0 Å². The summed E-state index contributed by atoms with van der Waals surface area (Å²) in [7, 11) is 0. The number of carbonyl (C=O) groups excluding carboxylic acids is 1. The van der Waals surface area contributed by atoms with Gasteiger partial charge in [0.2, 0.25) is 11.6 Å². The van der Waals surface area contributed by atoms with Crippen molar-refractivity contribution in [2.45, 2.75) is 33.2 Å². The molecule has 0 saturated carbocycles. The zero-order valence-corrected chi connectivity index (χ0v) is 10.8. The van der Waals surface area contributed by atoms with Gasteiger partial charge in [-0.25, -0.2) is 9.67 Å². The summed E-state index contributed by atoms with van der Waals surface area (Å²) in [5.41, 5.74) is 1.15. The maximum absolute atomic E-state index is 11.7. The van der Waals surface area contributed by atoms with Crippen LogP contribution in [0.4, 0.5) is 0 Å². The van der Waals surface area contributed by atoms with Crippen LogP contribution < -0.4 is 0 Å². The second-order valence-electron chi connectivity index (χ2n) is 4.30. The van der Waals surface area contributed by atoms with Crippen LogP contribution in [0.15, 0.2) is 30.3 Å². The van der Waals surface area contributed by atoms with Crippen molar-refractivity contribution in [3.8, 4) is 0 Å². The van der Waals surface area contributed by atoms with Gasteiger partial charge in [0.05, 0.1) is 6.54 Å². The number of aromatic nitrogens is 3. The number of aryl methyl sites for hydroxylation is 1. The fourth-order valence-electron chi connectivity index (χ4n) is 1.78. The lowest BCUT2D eigenvalue weighted by Gasteiger charge is -2.02. The van der Waals surface area contributed by atoms with Gasteiger partial charge in [0, 0.05) is 6.42 Å². The normalized spacial score (nSPS) is 10.6. The van der Waals surface area contributed by atoms with Crippen LogP contribution in [0, 0.1) is 6.92 Å². The molecule has 0 atom stereocenters. The maximum atomic E-state index is 11.7. The fourth-order valence-corrected chi connectivity index (χ4v) is 1.78. The minimum atomic E-state index is 0.0208. The van der Waals surface area contributed by atoms with Crippen LogP contribution in [-0.2, 0) is 6.54 Å². The molecule has 1 aromatic heterocycles. The third-order valence-electron chi connectivity index (χ3n) is 2.76. The molecule has 0 bridgehead atoms. The van der Waals surface area contributed by atoms with Gasteiger partial charge in [0.1, 0.15) is 5.82 Å². The largest absolute Gasteiger partial charge is 0.291 e. The molecule has 0 fully saturated rings. The fraction of sp³-hybridized carbons (Fsp3) is 0.357. The van der Waals surface area contributed by atoms with Gasteiger partial charge < -0.3 is 0 Å². The van der Waals surface area contributed by atoms with Crippen molar-refractivity contribution in [3.63, 3.8) is 0 Å². The van der Waals surface area contributed by atoms with Crippen LogP contribution in [0.2, 0.25) is 0 Å². The van der Waals surface area contributed by atoms with E-state index in [2.05, 4.69) is 10.1 Å². The van der Waals surface area contributed by atoms with Gasteiger partial charge in [-0.1, -0.05) is 37.3 Å². The molecule has 2 rings (SSSR count). The van der Waals surface area contributed by atoms with Gasteiger partial charge in [-0.3, -0.25) is 4.79 Å². The molecule has 1 heterocycles. The molecule has 0 radical (unpaired) electrons. The lowest BCUT2D eigenvalue weighted by atomic mass is 10.2. The number of rotatable bonds is 5. The predicted molar refractivity (Wildman–Crippen MR) is 69.5 cm³/mol. The Labute approximate surface area is 107 Å². The molecule has 0 amide bonds. The maximum Gasteiger partial charge on any atom is 0.217 e. The average molecular weight is 243 g/mol. The summed E-state index contributed by atoms with van der Waals surface area (Å²) in [6.07, 6.45) is 1.33. The Morgan fingerprint density at radius 1 is 1.28 bits per heavy atom. The minimum Gasteiger partial charge on any atom is -0.291 e. The molecule has 4 nitrogen and oxygen atoms in total. The summed E-state index contributed by atoms with van der Waals surface area (Å²) in [6.45, 7) is 4.50. The third kappa shape index (κ3) is 2.83. The Bertz CT molecular complexity index is 531. The highest BCUT2D eigenvalue weighted by Crippen LogP contribution is 2.06. The number of hydrogen-bond donors (Lipinski definition) is 0. The lowest BCUT2D eigenvalue weighted by molar-refractivity contribution is 0.0971. The van der Waals surface area contributed by atoms with Gasteiger partial charge in [0.25, 0.3) is 0 Å². The Morgan fingerprint density at radius 3 is 2.67 bits per heavy atom. The number of nitrogens with zero attached hydrogens (tertiary/aromatic N) is 3. The van der Waals surface area contributed by atoms with Crippen molar-refractivity contribution in [1.29, 1.82) is 0 Å². The molecule has 94 valence electrons. The molecule has 0 aliphatic carbocycles. The molecule has 0 aliphatic heterocycles. The summed E-state index contributed by atoms with van der Waals surface area (Å²) in [5.74, 6) is 1.14. The summed E-state index contributed by atoms with van der Waals surface area (Å²) < 4.78 is 1.78. The smallest absolute Gasteiger partial charge is 0.217 e. The first-order valence-electron chi connectivity index (χ1n) is 6.19. The van der Waals surface area contributed by atoms with Crippen molar-refractivity contribution in [2.24, 2.45) is 0 Å². The molecule has 4 heteroatoms. The van der Waals surface area contributed by atoms with Crippen LogP contribution in [0.5, 0.6) is 0 Å². The van der Waals surface area contributed by atoms with Crippen LogP contribution in [0.3, 0.4) is 0 Å². The zero-order valence-electron chi connectivity index (χ0n) is 10.8. The van der Waals surface area contributed by atoms with Gasteiger partial charge in [-0.05, 0) is 18.9 Å². The van der Waals surface area contributed by atoms with Crippen molar-refractivity contribution < 1.29 is 4.79 Å². The molecule has 18 heavy (non-hydrogen) atoms. The lowest BCUT2D eigenvalue weighted by Crippen LogP contribution is -2.06. The number of Topliss-reactive ketones (excluding diaryl/α,β-unsaturated/α-hetero) is 1. The van der Waals surface area contributed by atoms with Crippen molar-refractivity contribution in [3.05, 3.63) is 47.5 Å². The van der Waals surface area contributed by atoms with Crippen LogP contribution in [-0.4, -0.2) is 20.5 Å². The van der Waals surface area contributed by atoms with E-state index in [4.69, 9.17) is 0 Å². The van der Waals surface area contributed by atoms with Crippen LogP contribution in [0.25, 0.3) is 0 Å². The minimum absolute atomic E-state index is 0.0208. The first-order chi connectivity index (χ1) is 8.70. The quantitative estimate of drug-likeness (QED) is 0.758. The standard InChI is InChI=1S/C14H17N3O/c1-3-7-13(18)14-15-11(2)17(16-14)10-12-8-5-4-6-9-12/h4-6,8-9H,3,7,10H2,1-2H3. The highest BCUT2D eigenvalue weighted by atomic mass is 16.1. The number of ketones is 1. The van der Waals surface area contributed by atoms with Gasteiger partial charge in [0.15, 0.2) is 0 Å². The average Bonchev–Trinajstić information content (AvgIpc) is 2.73. The van der Waals surface area contributed by atoms with Crippen LogP contribution in [0.1, 0.15) is 41.8 Å². The molecule has 0 saturated heterocycles. The van der Waals surface area contributed by atoms with E-state index in [0.717, 1.165) is 17.8 Å². The molecule has 0 N–H and O–H groups in total. The number of benzene rings is 1. The van der Waals surface area contributed by atoms with Gasteiger partial charge in [-0.15, -0.1) is 5.10 Å². The van der Waals surface area contributed by atoms with E-state index in [1.54, 1.807) is 4.68 Å². The monoisotopic (exact) mass is 243 g/mol. The second kappa shape index (κ2) is 5.58. The third-order valence-corrected chi connectivity index (χ3v) is 2.76. The zero-order chi connectivity index (χ0) is 13.0. The summed E-state index contributed by atoms with van der Waals surface area (Å²) >= 11 is 0. The molecule has 0 aliphatic rings. The van der Waals surface area contributed by atoms with Crippen molar-refractivity contribution in [1.82, 2.24) is 14.8 Å². The van der Waals surface area contributed by atoms with Crippen molar-refractivity contribution >= 4 is 5.78 Å². The summed E-state index contributed by atoms with van der Waals surface area (Å²) in [5, 5.41) is 4.28. The Hall–Kier alpha value is -1.97. The Kier molecular flexibility index (Phi) is 3.87. The highest BCUT2D eigenvalue weighted by Gasteiger charge is 2.13. The summed E-state index contributed by atoms with van der Waals surface area (Å²) in [6, 6.07) is 10.0. The first kappa shape index (κ1) is 12.5. The van der Waals surface area contributed by atoms with E-state index in [-0.39, 0.29) is 5.78 Å². The molecular weight excluding hydrogens is 226 g/mol. The van der Waals surface area contributed by atoms with Crippen molar-refractivity contribution in [2.75, 3.05) is 0 Å². The topological polar surface area (TPSA) is 47.8 Å². The Morgan fingerprint density at radius 2 is 2.00 bits per heavy atom. The second-order valence-corrected chi connectivity index (χ2v) is 4.30. The molecule has 0 unspecified atom stereocenters.